The second-order valence-electron chi connectivity index (χ2n) is 3.51. The first kappa shape index (κ1) is 12.6. The summed E-state index contributed by atoms with van der Waals surface area (Å²) in [6, 6.07) is 5.42. The summed E-state index contributed by atoms with van der Waals surface area (Å²) in [6.45, 7) is 1.98. The predicted octanol–water partition coefficient (Wildman–Crippen LogP) is 3.05. The van der Waals surface area contributed by atoms with Crippen molar-refractivity contribution in [3.8, 4) is 11.3 Å². The van der Waals surface area contributed by atoms with Gasteiger partial charge in [-0.1, -0.05) is 11.6 Å². The van der Waals surface area contributed by atoms with Crippen molar-refractivity contribution in [1.29, 1.82) is 0 Å². The molecule has 0 aliphatic heterocycles. The van der Waals surface area contributed by atoms with Gasteiger partial charge in [0, 0.05) is 5.56 Å². The molecule has 0 amide bonds. The van der Waals surface area contributed by atoms with Crippen LogP contribution < -0.4 is 0 Å². The Balaban J connectivity index is 2.35. The third kappa shape index (κ3) is 2.51. The number of aromatic amines is 1. The van der Waals surface area contributed by atoms with Gasteiger partial charge in [-0.25, -0.2) is 9.18 Å². The molecule has 2 rings (SSSR count). The van der Waals surface area contributed by atoms with Crippen LogP contribution in [-0.2, 0) is 4.74 Å². The monoisotopic (exact) mass is 268 g/mol. The summed E-state index contributed by atoms with van der Waals surface area (Å²) < 4.78 is 17.9. The molecule has 0 spiro atoms. The van der Waals surface area contributed by atoms with Gasteiger partial charge in [-0.05, 0) is 31.2 Å². The van der Waals surface area contributed by atoms with E-state index in [1.54, 1.807) is 6.92 Å². The fraction of sp³-hybridized carbons (Fsp3) is 0.167. The molecule has 0 radical (unpaired) electrons. The van der Waals surface area contributed by atoms with Crippen LogP contribution in [0.4, 0.5) is 4.39 Å². The van der Waals surface area contributed by atoms with Crippen LogP contribution in [-0.4, -0.2) is 22.8 Å². The Morgan fingerprint density at radius 1 is 1.50 bits per heavy atom. The Morgan fingerprint density at radius 3 is 3.00 bits per heavy atom. The van der Waals surface area contributed by atoms with Gasteiger partial charge in [-0.3, -0.25) is 5.10 Å². The van der Waals surface area contributed by atoms with Crippen molar-refractivity contribution in [3.05, 3.63) is 40.8 Å². The number of H-pyrrole nitrogens is 1. The van der Waals surface area contributed by atoms with E-state index in [9.17, 15) is 9.18 Å². The summed E-state index contributed by atoms with van der Waals surface area (Å²) in [4.78, 5) is 11.4. The van der Waals surface area contributed by atoms with Gasteiger partial charge >= 0.3 is 5.97 Å². The van der Waals surface area contributed by atoms with Crippen LogP contribution in [0.2, 0.25) is 5.02 Å². The lowest BCUT2D eigenvalue weighted by molar-refractivity contribution is 0.0519. The smallest absolute Gasteiger partial charge is 0.356 e. The normalized spacial score (nSPS) is 10.4. The number of carbonyl (C=O) groups excluding carboxylic acids is 1. The average molecular weight is 269 g/mol. The van der Waals surface area contributed by atoms with Crippen LogP contribution in [0.3, 0.4) is 0 Å². The molecular formula is C12H10ClFN2O2. The van der Waals surface area contributed by atoms with Crippen molar-refractivity contribution in [2.75, 3.05) is 6.61 Å². The van der Waals surface area contributed by atoms with Crippen LogP contribution in [0.15, 0.2) is 24.3 Å². The zero-order valence-electron chi connectivity index (χ0n) is 9.54. The molecule has 0 aliphatic carbocycles. The number of ether oxygens (including phenoxy) is 1. The second kappa shape index (κ2) is 5.18. The molecule has 1 aromatic heterocycles. The van der Waals surface area contributed by atoms with Gasteiger partial charge < -0.3 is 4.74 Å². The number of carbonyl (C=O) groups is 1. The fourth-order valence-corrected chi connectivity index (χ4v) is 1.68. The first-order valence-corrected chi connectivity index (χ1v) is 5.67. The largest absolute Gasteiger partial charge is 0.461 e. The summed E-state index contributed by atoms with van der Waals surface area (Å²) >= 11 is 5.94. The summed E-state index contributed by atoms with van der Waals surface area (Å²) in [5.41, 5.74) is 1.01. The van der Waals surface area contributed by atoms with E-state index in [0.717, 1.165) is 0 Å². The zero-order valence-corrected chi connectivity index (χ0v) is 10.3. The molecule has 0 unspecified atom stereocenters. The highest BCUT2D eigenvalue weighted by Gasteiger charge is 2.14. The van der Waals surface area contributed by atoms with Crippen molar-refractivity contribution < 1.29 is 13.9 Å². The van der Waals surface area contributed by atoms with Crippen molar-refractivity contribution in [2.45, 2.75) is 6.92 Å². The van der Waals surface area contributed by atoms with E-state index in [4.69, 9.17) is 16.3 Å². The van der Waals surface area contributed by atoms with E-state index in [1.165, 1.54) is 24.3 Å². The van der Waals surface area contributed by atoms with Crippen molar-refractivity contribution in [1.82, 2.24) is 10.2 Å². The molecule has 0 saturated carbocycles. The summed E-state index contributed by atoms with van der Waals surface area (Å²) in [6.07, 6.45) is 0. The number of aromatic nitrogens is 2. The van der Waals surface area contributed by atoms with E-state index in [1.807, 2.05) is 0 Å². The number of benzene rings is 1. The third-order valence-corrected chi connectivity index (χ3v) is 2.61. The minimum absolute atomic E-state index is 0.201. The SMILES string of the molecule is CCOC(=O)c1cc(-c2cc(F)ccc2Cl)n[nH]1. The van der Waals surface area contributed by atoms with Gasteiger partial charge in [0.05, 0.1) is 17.3 Å². The van der Waals surface area contributed by atoms with Gasteiger partial charge in [0.25, 0.3) is 0 Å². The number of esters is 1. The van der Waals surface area contributed by atoms with Gasteiger partial charge in [-0.2, -0.15) is 5.10 Å². The zero-order chi connectivity index (χ0) is 13.1. The molecule has 0 atom stereocenters. The highest BCUT2D eigenvalue weighted by molar-refractivity contribution is 6.33. The average Bonchev–Trinajstić information content (AvgIpc) is 2.82. The number of nitrogens with one attached hydrogen (secondary N) is 1. The van der Waals surface area contributed by atoms with E-state index >= 15 is 0 Å². The van der Waals surface area contributed by atoms with Crippen molar-refractivity contribution >= 4 is 17.6 Å². The molecule has 1 aromatic carbocycles. The Morgan fingerprint density at radius 2 is 2.28 bits per heavy atom. The van der Waals surface area contributed by atoms with Crippen LogP contribution in [0, 0.1) is 5.82 Å². The lowest BCUT2D eigenvalue weighted by atomic mass is 10.1. The van der Waals surface area contributed by atoms with E-state index < -0.39 is 11.8 Å². The molecular weight excluding hydrogens is 259 g/mol. The minimum Gasteiger partial charge on any atom is -0.461 e. The van der Waals surface area contributed by atoms with Gasteiger partial charge in [0.15, 0.2) is 0 Å². The van der Waals surface area contributed by atoms with Crippen molar-refractivity contribution in [3.63, 3.8) is 0 Å². The summed E-state index contributed by atoms with van der Waals surface area (Å²) in [5.74, 6) is -0.932. The topological polar surface area (TPSA) is 55.0 Å². The highest BCUT2D eigenvalue weighted by atomic mass is 35.5. The molecule has 94 valence electrons. The number of hydrogen-bond donors (Lipinski definition) is 1. The molecule has 2 aromatic rings. The lowest BCUT2D eigenvalue weighted by Crippen LogP contribution is -2.04. The Labute approximate surface area is 108 Å². The molecule has 1 N–H and O–H groups in total. The van der Waals surface area contributed by atoms with E-state index in [2.05, 4.69) is 10.2 Å². The first-order chi connectivity index (χ1) is 8.61. The molecule has 0 aliphatic rings. The summed E-state index contributed by atoms with van der Waals surface area (Å²) in [7, 11) is 0. The number of halogens is 2. The maximum atomic E-state index is 13.1. The highest BCUT2D eigenvalue weighted by Crippen LogP contribution is 2.27. The number of nitrogens with zero attached hydrogens (tertiary/aromatic N) is 1. The van der Waals surface area contributed by atoms with Crippen LogP contribution in [0.25, 0.3) is 11.3 Å². The third-order valence-electron chi connectivity index (χ3n) is 2.28. The van der Waals surface area contributed by atoms with Crippen LogP contribution >= 0.6 is 11.6 Å². The first-order valence-electron chi connectivity index (χ1n) is 5.29. The maximum absolute atomic E-state index is 13.1. The second-order valence-corrected chi connectivity index (χ2v) is 3.92. The van der Waals surface area contributed by atoms with Crippen LogP contribution in [0.1, 0.15) is 17.4 Å². The fourth-order valence-electron chi connectivity index (χ4n) is 1.47. The molecule has 4 nitrogen and oxygen atoms in total. The maximum Gasteiger partial charge on any atom is 0.356 e. The Bertz CT molecular complexity index is 583. The standard InChI is InChI=1S/C12H10ClFN2O2/c1-2-18-12(17)11-6-10(15-16-11)8-5-7(14)3-4-9(8)13/h3-6H,2H2,1H3,(H,15,16). The van der Waals surface area contributed by atoms with Gasteiger partial charge in [-0.15, -0.1) is 0 Å². The molecule has 6 heteroatoms. The Hall–Kier alpha value is -1.88. The lowest BCUT2D eigenvalue weighted by Gasteiger charge is -1.99. The molecule has 0 fully saturated rings. The van der Waals surface area contributed by atoms with E-state index in [-0.39, 0.29) is 12.3 Å². The quantitative estimate of drug-likeness (QED) is 0.871. The number of rotatable bonds is 3. The minimum atomic E-state index is -0.510. The van der Waals surface area contributed by atoms with Crippen LogP contribution in [0.5, 0.6) is 0 Å². The number of hydrogen-bond acceptors (Lipinski definition) is 3. The van der Waals surface area contributed by atoms with Gasteiger partial charge in [0.1, 0.15) is 11.5 Å². The van der Waals surface area contributed by atoms with Gasteiger partial charge in [0.2, 0.25) is 0 Å². The Kier molecular flexibility index (Phi) is 3.62. The molecule has 0 bridgehead atoms. The van der Waals surface area contributed by atoms with E-state index in [0.29, 0.717) is 16.3 Å². The molecule has 18 heavy (non-hydrogen) atoms. The predicted molar refractivity (Wildman–Crippen MR) is 64.9 cm³/mol. The van der Waals surface area contributed by atoms with Crippen molar-refractivity contribution in [2.24, 2.45) is 0 Å². The molecule has 1 heterocycles. The molecule has 0 saturated heterocycles. The summed E-state index contributed by atoms with van der Waals surface area (Å²) in [5, 5.41) is 6.80.